The molecule has 1 saturated heterocycles. The van der Waals surface area contributed by atoms with Crippen molar-refractivity contribution in [2.45, 2.75) is 38.8 Å². The molecule has 8 nitrogen and oxygen atoms in total. The van der Waals surface area contributed by atoms with E-state index < -0.39 is 5.82 Å². The number of rotatable bonds is 6. The second kappa shape index (κ2) is 9.03. The molecule has 3 aromatic heterocycles. The number of benzene rings is 1. The van der Waals surface area contributed by atoms with Crippen LogP contribution in [0.15, 0.2) is 48.8 Å². The van der Waals surface area contributed by atoms with E-state index in [4.69, 9.17) is 10.5 Å². The average molecular weight is 448 g/mol. The molecule has 0 amide bonds. The Morgan fingerprint density at radius 2 is 2.09 bits per heavy atom. The number of nitrogen functional groups attached to an aromatic ring is 1. The van der Waals surface area contributed by atoms with Crippen LogP contribution in [0.2, 0.25) is 0 Å². The third-order valence-electron chi connectivity index (χ3n) is 5.95. The summed E-state index contributed by atoms with van der Waals surface area (Å²) in [7, 11) is 0. The number of ether oxygens (including phenoxy) is 1. The van der Waals surface area contributed by atoms with Crippen LogP contribution in [0.25, 0.3) is 11.0 Å². The van der Waals surface area contributed by atoms with E-state index in [-0.39, 0.29) is 11.7 Å². The number of nitrogens with two attached hydrogens (primary N) is 1. The van der Waals surface area contributed by atoms with E-state index in [2.05, 4.69) is 37.1 Å². The molecule has 0 saturated carbocycles. The van der Waals surface area contributed by atoms with E-state index in [1.54, 1.807) is 30.6 Å². The van der Waals surface area contributed by atoms with Crippen LogP contribution in [0.1, 0.15) is 31.9 Å². The van der Waals surface area contributed by atoms with Gasteiger partial charge < -0.3 is 20.8 Å². The molecule has 1 aromatic carbocycles. The fourth-order valence-corrected chi connectivity index (χ4v) is 4.22. The minimum absolute atomic E-state index is 0.122. The highest BCUT2D eigenvalue weighted by molar-refractivity contribution is 5.82. The van der Waals surface area contributed by atoms with Crippen molar-refractivity contribution in [1.82, 2.24) is 24.8 Å². The summed E-state index contributed by atoms with van der Waals surface area (Å²) >= 11 is 0. The molecule has 170 valence electrons. The minimum Gasteiger partial charge on any atom is -0.453 e. The Kier molecular flexibility index (Phi) is 5.78. The molecule has 1 aliphatic rings. The first-order valence-electron chi connectivity index (χ1n) is 11.1. The molecule has 4 N–H and O–H groups in total. The van der Waals surface area contributed by atoms with E-state index in [9.17, 15) is 4.39 Å². The van der Waals surface area contributed by atoms with Crippen molar-refractivity contribution in [3.63, 3.8) is 0 Å². The van der Waals surface area contributed by atoms with Gasteiger partial charge in [-0.25, -0.2) is 14.4 Å². The topological polar surface area (TPSA) is 105 Å². The second-order valence-corrected chi connectivity index (χ2v) is 8.34. The van der Waals surface area contributed by atoms with Crippen molar-refractivity contribution in [2.24, 2.45) is 0 Å². The minimum atomic E-state index is -0.495. The summed E-state index contributed by atoms with van der Waals surface area (Å²) in [5, 5.41) is 3.91. The lowest BCUT2D eigenvalue weighted by Crippen LogP contribution is -2.37. The highest BCUT2D eigenvalue weighted by atomic mass is 19.1. The van der Waals surface area contributed by atoms with Crippen molar-refractivity contribution >= 4 is 28.5 Å². The van der Waals surface area contributed by atoms with Crippen molar-refractivity contribution < 1.29 is 9.13 Å². The van der Waals surface area contributed by atoms with Gasteiger partial charge in [0.25, 0.3) is 0 Å². The Morgan fingerprint density at radius 1 is 1.18 bits per heavy atom. The predicted molar refractivity (Wildman–Crippen MR) is 126 cm³/mol. The number of nitrogens with one attached hydrogen (secondary N) is 2. The van der Waals surface area contributed by atoms with Crippen LogP contribution in [-0.2, 0) is 6.54 Å². The number of likely N-dealkylation sites (tertiary alicyclic amines) is 1. The summed E-state index contributed by atoms with van der Waals surface area (Å²) in [5.74, 6) is 0.869. The van der Waals surface area contributed by atoms with Crippen molar-refractivity contribution in [1.29, 1.82) is 0 Å². The molecule has 9 heteroatoms. The number of aromatic amines is 1. The normalized spacial score (nSPS) is 16.7. The number of H-pyrrole nitrogens is 1. The number of hydrogen-bond acceptors (Lipinski definition) is 7. The molecule has 1 unspecified atom stereocenters. The number of piperidine rings is 1. The van der Waals surface area contributed by atoms with Crippen molar-refractivity contribution in [2.75, 3.05) is 17.6 Å². The molecule has 33 heavy (non-hydrogen) atoms. The zero-order chi connectivity index (χ0) is 22.8. The van der Waals surface area contributed by atoms with Gasteiger partial charge in [0.05, 0.1) is 11.1 Å². The standard InChI is InChI=1S/C24H26FN7O/c1-15-4-2-3-11-32(15)14-17-13-22(31-24(26)30-17)29-16-5-6-21(19(25)12-16)33-20-8-10-28-23-18(20)7-9-27-23/h5-10,12-13,15H,2-4,11,14H2,1H3,(H,27,28)(H3,26,29,30,31). The van der Waals surface area contributed by atoms with E-state index >= 15 is 0 Å². The molecule has 1 fully saturated rings. The molecule has 0 aliphatic carbocycles. The fraction of sp³-hybridized carbons (Fsp3) is 0.292. The van der Waals surface area contributed by atoms with Crippen LogP contribution < -0.4 is 15.8 Å². The van der Waals surface area contributed by atoms with E-state index in [0.29, 0.717) is 35.5 Å². The van der Waals surface area contributed by atoms with E-state index in [1.165, 1.54) is 25.3 Å². The molecule has 1 aliphatic heterocycles. The van der Waals surface area contributed by atoms with Gasteiger partial charge in [0.1, 0.15) is 17.2 Å². The molecule has 0 radical (unpaired) electrons. The Bertz CT molecular complexity index is 1270. The monoisotopic (exact) mass is 447 g/mol. The van der Waals surface area contributed by atoms with Crippen LogP contribution in [0, 0.1) is 5.82 Å². The van der Waals surface area contributed by atoms with Gasteiger partial charge in [-0.2, -0.15) is 4.98 Å². The Labute approximate surface area is 191 Å². The Balaban J connectivity index is 1.32. The van der Waals surface area contributed by atoms with Gasteiger partial charge in [-0.3, -0.25) is 4.90 Å². The van der Waals surface area contributed by atoms with E-state index in [0.717, 1.165) is 17.6 Å². The van der Waals surface area contributed by atoms with Crippen molar-refractivity contribution in [3.05, 3.63) is 60.3 Å². The van der Waals surface area contributed by atoms with Gasteiger partial charge in [-0.1, -0.05) is 6.42 Å². The second-order valence-electron chi connectivity index (χ2n) is 8.34. The molecule has 0 spiro atoms. The number of pyridine rings is 1. The van der Waals surface area contributed by atoms with Crippen LogP contribution in [0.5, 0.6) is 11.5 Å². The number of anilines is 3. The molecule has 5 rings (SSSR count). The summed E-state index contributed by atoms with van der Waals surface area (Å²) < 4.78 is 20.6. The maximum atomic E-state index is 14.8. The predicted octanol–water partition coefficient (Wildman–Crippen LogP) is 4.98. The lowest BCUT2D eigenvalue weighted by atomic mass is 10.0. The molecule has 4 heterocycles. The first kappa shape index (κ1) is 21.1. The maximum absolute atomic E-state index is 14.8. The highest BCUT2D eigenvalue weighted by Crippen LogP contribution is 2.31. The van der Waals surface area contributed by atoms with E-state index in [1.807, 2.05) is 12.1 Å². The number of hydrogen-bond donors (Lipinski definition) is 3. The lowest BCUT2D eigenvalue weighted by molar-refractivity contribution is 0.151. The van der Waals surface area contributed by atoms with Gasteiger partial charge in [0.2, 0.25) is 5.95 Å². The molecule has 4 aromatic rings. The molecule has 1 atom stereocenters. The van der Waals surface area contributed by atoms with Gasteiger partial charge in [0.15, 0.2) is 11.6 Å². The molecular weight excluding hydrogens is 421 g/mol. The third-order valence-corrected chi connectivity index (χ3v) is 5.95. The van der Waals surface area contributed by atoms with Gasteiger partial charge >= 0.3 is 0 Å². The number of nitrogens with zero attached hydrogens (tertiary/aromatic N) is 4. The summed E-state index contributed by atoms with van der Waals surface area (Å²) in [5.41, 5.74) is 8.01. The third kappa shape index (κ3) is 4.73. The van der Waals surface area contributed by atoms with Crippen LogP contribution in [0.3, 0.4) is 0 Å². The molecule has 0 bridgehead atoms. The zero-order valence-corrected chi connectivity index (χ0v) is 18.4. The number of aromatic nitrogens is 4. The number of fused-ring (bicyclic) bond motifs is 1. The smallest absolute Gasteiger partial charge is 0.222 e. The van der Waals surface area contributed by atoms with Crippen LogP contribution >= 0.6 is 0 Å². The fourth-order valence-electron chi connectivity index (χ4n) is 4.22. The average Bonchev–Trinajstić information content (AvgIpc) is 3.27. The van der Waals surface area contributed by atoms with Crippen LogP contribution in [0.4, 0.5) is 21.8 Å². The van der Waals surface area contributed by atoms with Crippen LogP contribution in [-0.4, -0.2) is 37.4 Å². The maximum Gasteiger partial charge on any atom is 0.222 e. The first-order valence-corrected chi connectivity index (χ1v) is 11.1. The van der Waals surface area contributed by atoms with Gasteiger partial charge in [-0.05, 0) is 50.6 Å². The Hall–Kier alpha value is -3.72. The van der Waals surface area contributed by atoms with Gasteiger partial charge in [-0.15, -0.1) is 0 Å². The summed E-state index contributed by atoms with van der Waals surface area (Å²) in [6, 6.07) is 10.6. The highest BCUT2D eigenvalue weighted by Gasteiger charge is 2.19. The summed E-state index contributed by atoms with van der Waals surface area (Å²) in [6.45, 7) is 4.00. The molecular formula is C24H26FN7O. The first-order chi connectivity index (χ1) is 16.0. The lowest BCUT2D eigenvalue weighted by Gasteiger charge is -2.33. The summed E-state index contributed by atoms with van der Waals surface area (Å²) in [6.07, 6.45) is 7.03. The summed E-state index contributed by atoms with van der Waals surface area (Å²) in [4.78, 5) is 18.3. The zero-order valence-electron chi connectivity index (χ0n) is 18.4. The van der Waals surface area contributed by atoms with Crippen molar-refractivity contribution in [3.8, 4) is 11.5 Å². The Morgan fingerprint density at radius 3 is 2.94 bits per heavy atom. The largest absolute Gasteiger partial charge is 0.453 e. The van der Waals surface area contributed by atoms with Gasteiger partial charge in [0, 0.05) is 42.8 Å². The number of halogens is 1. The SMILES string of the molecule is CC1CCCCN1Cc1cc(Nc2ccc(Oc3ccnc4[nH]ccc34)c(F)c2)nc(N)n1. The quantitative estimate of drug-likeness (QED) is 0.383.